The van der Waals surface area contributed by atoms with Gasteiger partial charge in [-0.15, -0.1) is 0 Å². The molecule has 1 aliphatic rings. The zero-order chi connectivity index (χ0) is 27.1. The smallest absolute Gasteiger partial charge is 0.293 e. The van der Waals surface area contributed by atoms with Crippen LogP contribution in [0.4, 0.5) is 20.2 Å². The van der Waals surface area contributed by atoms with E-state index in [0.29, 0.717) is 30.6 Å². The number of carbonyl (C=O) groups is 1. The molecule has 0 spiro atoms. The van der Waals surface area contributed by atoms with Crippen molar-refractivity contribution in [2.75, 3.05) is 15.2 Å². The normalized spacial score (nSPS) is 13.7. The fraction of sp³-hybridized carbons (Fsp3) is 0.115. The van der Waals surface area contributed by atoms with Gasteiger partial charge in [-0.25, -0.2) is 25.6 Å². The predicted molar refractivity (Wildman–Crippen MR) is 135 cm³/mol. The third-order valence-electron chi connectivity index (χ3n) is 6.03. The minimum atomic E-state index is -4.79. The van der Waals surface area contributed by atoms with E-state index in [9.17, 15) is 30.4 Å². The molecule has 12 heteroatoms. The van der Waals surface area contributed by atoms with Crippen molar-refractivity contribution in [3.8, 4) is 0 Å². The molecule has 0 fully saturated rings. The molecular formula is C26H20F2N2O6S2. The van der Waals surface area contributed by atoms with Crippen LogP contribution in [-0.4, -0.2) is 29.3 Å². The van der Waals surface area contributed by atoms with Crippen LogP contribution in [0.15, 0.2) is 99.3 Å². The number of fused-ring (bicyclic) bond motifs is 1. The summed E-state index contributed by atoms with van der Waals surface area (Å²) >= 11 is 0. The van der Waals surface area contributed by atoms with Gasteiger partial charge in [0.2, 0.25) is 0 Å². The SMILES string of the molecule is O=C(c1ccco1)N1CCCc2cc(N(S(=O)(=O)c3ccc(F)cc3)S(=O)(=O)c3ccc(F)cc3)ccc21. The number of nitrogens with zero attached hydrogens (tertiary/aromatic N) is 2. The Balaban J connectivity index is 1.65. The third-order valence-corrected chi connectivity index (χ3v) is 10.2. The topological polar surface area (TPSA) is 105 Å². The van der Waals surface area contributed by atoms with Gasteiger partial charge in [0, 0.05) is 12.2 Å². The van der Waals surface area contributed by atoms with Gasteiger partial charge in [-0.3, -0.25) is 4.79 Å². The summed E-state index contributed by atoms with van der Waals surface area (Å²) in [5, 5.41) is 0. The molecule has 0 saturated carbocycles. The molecule has 196 valence electrons. The molecule has 5 rings (SSSR count). The summed E-state index contributed by atoms with van der Waals surface area (Å²) in [6.45, 7) is 0.386. The van der Waals surface area contributed by atoms with Gasteiger partial charge in [0.25, 0.3) is 26.0 Å². The van der Waals surface area contributed by atoms with Crippen LogP contribution in [0.5, 0.6) is 0 Å². The molecule has 0 unspecified atom stereocenters. The molecule has 1 aromatic heterocycles. The second-order valence-corrected chi connectivity index (χ2v) is 12.3. The second kappa shape index (κ2) is 9.69. The van der Waals surface area contributed by atoms with Gasteiger partial charge in [-0.05, 0) is 97.3 Å². The molecule has 1 aliphatic heterocycles. The number of furan rings is 1. The maximum Gasteiger partial charge on any atom is 0.293 e. The summed E-state index contributed by atoms with van der Waals surface area (Å²) in [4.78, 5) is 13.5. The quantitative estimate of drug-likeness (QED) is 0.339. The summed E-state index contributed by atoms with van der Waals surface area (Å²) in [6.07, 6.45) is 2.37. The van der Waals surface area contributed by atoms with E-state index in [-0.39, 0.29) is 15.2 Å². The number of rotatable bonds is 6. The van der Waals surface area contributed by atoms with Crippen LogP contribution in [0.3, 0.4) is 0 Å². The predicted octanol–water partition coefficient (Wildman–Crippen LogP) is 4.74. The second-order valence-electron chi connectivity index (χ2n) is 8.47. The first-order chi connectivity index (χ1) is 18.1. The highest BCUT2D eigenvalue weighted by Crippen LogP contribution is 2.36. The lowest BCUT2D eigenvalue weighted by Gasteiger charge is -2.31. The number of carbonyl (C=O) groups excluding carboxylic acids is 1. The van der Waals surface area contributed by atoms with Crippen molar-refractivity contribution in [3.05, 3.63) is 108 Å². The average Bonchev–Trinajstić information content (AvgIpc) is 3.43. The first-order valence-corrected chi connectivity index (χ1v) is 14.3. The molecule has 0 saturated heterocycles. The van der Waals surface area contributed by atoms with Crippen molar-refractivity contribution >= 4 is 37.3 Å². The van der Waals surface area contributed by atoms with E-state index in [0.717, 1.165) is 48.5 Å². The maximum absolute atomic E-state index is 13.7. The van der Waals surface area contributed by atoms with Crippen molar-refractivity contribution in [2.45, 2.75) is 22.6 Å². The standard InChI is InChI=1S/C26H20F2N2O6S2/c27-19-5-10-22(11-6-19)37(32,33)30(38(34,35)23-12-7-20(28)8-13-23)21-9-14-24-18(17-21)3-1-15-29(24)26(31)25-4-2-16-36-25/h2,4-14,16-17H,1,3,15H2. The fourth-order valence-corrected chi connectivity index (χ4v) is 7.93. The largest absolute Gasteiger partial charge is 0.459 e. The van der Waals surface area contributed by atoms with Crippen molar-refractivity contribution in [3.63, 3.8) is 0 Å². The minimum Gasteiger partial charge on any atom is -0.459 e. The van der Waals surface area contributed by atoms with E-state index < -0.39 is 47.4 Å². The highest BCUT2D eigenvalue weighted by molar-refractivity contribution is 8.10. The highest BCUT2D eigenvalue weighted by atomic mass is 32.3. The number of sulfonamides is 2. The maximum atomic E-state index is 13.7. The molecule has 38 heavy (non-hydrogen) atoms. The van der Waals surface area contributed by atoms with Gasteiger partial charge in [0.1, 0.15) is 11.6 Å². The molecule has 0 aliphatic carbocycles. The zero-order valence-corrected chi connectivity index (χ0v) is 21.3. The molecule has 3 aromatic carbocycles. The molecule has 0 N–H and O–H groups in total. The first-order valence-electron chi connectivity index (χ1n) is 11.4. The number of aryl methyl sites for hydroxylation is 1. The van der Waals surface area contributed by atoms with Gasteiger partial charge in [-0.1, -0.05) is 0 Å². The molecule has 2 heterocycles. The summed E-state index contributed by atoms with van der Waals surface area (Å²) in [5.74, 6) is -1.67. The Kier molecular flexibility index (Phi) is 6.53. The first kappa shape index (κ1) is 25.6. The zero-order valence-electron chi connectivity index (χ0n) is 19.6. The number of anilines is 2. The molecular weight excluding hydrogens is 538 g/mol. The van der Waals surface area contributed by atoms with Gasteiger partial charge in [-0.2, -0.15) is 3.71 Å². The van der Waals surface area contributed by atoms with Crippen LogP contribution < -0.4 is 8.61 Å². The van der Waals surface area contributed by atoms with Crippen LogP contribution >= 0.6 is 0 Å². The molecule has 0 atom stereocenters. The van der Waals surface area contributed by atoms with Crippen molar-refractivity contribution in [2.24, 2.45) is 0 Å². The number of hydrogen-bond acceptors (Lipinski definition) is 6. The Hall–Kier alpha value is -4.03. The monoisotopic (exact) mass is 558 g/mol. The molecule has 1 amide bonds. The molecule has 8 nitrogen and oxygen atoms in total. The van der Waals surface area contributed by atoms with Crippen molar-refractivity contribution in [1.29, 1.82) is 0 Å². The highest BCUT2D eigenvalue weighted by Gasteiger charge is 2.38. The van der Waals surface area contributed by atoms with E-state index >= 15 is 0 Å². The fourth-order valence-electron chi connectivity index (χ4n) is 4.25. The van der Waals surface area contributed by atoms with Gasteiger partial charge < -0.3 is 9.32 Å². The van der Waals surface area contributed by atoms with E-state index in [4.69, 9.17) is 4.42 Å². The van der Waals surface area contributed by atoms with E-state index in [1.54, 1.807) is 6.07 Å². The van der Waals surface area contributed by atoms with Crippen LogP contribution in [0.2, 0.25) is 0 Å². The van der Waals surface area contributed by atoms with Gasteiger partial charge >= 0.3 is 0 Å². The summed E-state index contributed by atoms with van der Waals surface area (Å²) < 4.78 is 87.3. The lowest BCUT2D eigenvalue weighted by Crippen LogP contribution is -2.38. The number of benzene rings is 3. The Labute approximate surface area is 217 Å². The number of hydrogen-bond donors (Lipinski definition) is 0. The average molecular weight is 559 g/mol. The van der Waals surface area contributed by atoms with Gasteiger partial charge in [0.15, 0.2) is 5.76 Å². The van der Waals surface area contributed by atoms with Gasteiger partial charge in [0.05, 0.1) is 21.7 Å². The lowest BCUT2D eigenvalue weighted by atomic mass is 10.0. The number of amides is 1. The minimum absolute atomic E-state index is 0.126. The van der Waals surface area contributed by atoms with Crippen molar-refractivity contribution < 1.29 is 34.8 Å². The third kappa shape index (κ3) is 4.56. The number of halogens is 2. The van der Waals surface area contributed by atoms with E-state index in [1.165, 1.54) is 35.4 Å². The Morgan fingerprint density at radius 2 is 1.39 bits per heavy atom. The van der Waals surface area contributed by atoms with E-state index in [2.05, 4.69) is 0 Å². The summed E-state index contributed by atoms with van der Waals surface area (Å²) in [7, 11) is -9.58. The lowest BCUT2D eigenvalue weighted by molar-refractivity contribution is 0.0958. The van der Waals surface area contributed by atoms with E-state index in [1.807, 2.05) is 0 Å². The molecule has 0 radical (unpaired) electrons. The Bertz CT molecular complexity index is 1630. The Morgan fingerprint density at radius 3 is 1.92 bits per heavy atom. The molecule has 4 aromatic rings. The van der Waals surface area contributed by atoms with Crippen LogP contribution in [-0.2, 0) is 26.5 Å². The summed E-state index contributed by atoms with van der Waals surface area (Å²) in [6, 6.07) is 14.7. The molecule has 0 bridgehead atoms. The Morgan fingerprint density at radius 1 is 0.816 bits per heavy atom. The summed E-state index contributed by atoms with van der Waals surface area (Å²) in [5.41, 5.74) is 0.812. The van der Waals surface area contributed by atoms with Crippen LogP contribution in [0.25, 0.3) is 0 Å². The van der Waals surface area contributed by atoms with Crippen molar-refractivity contribution in [1.82, 2.24) is 0 Å². The van der Waals surface area contributed by atoms with Crippen LogP contribution in [0.1, 0.15) is 22.5 Å². The van der Waals surface area contributed by atoms with Crippen LogP contribution in [0, 0.1) is 11.6 Å².